The first kappa shape index (κ1) is 9.96. The molecule has 0 unspecified atom stereocenters. The number of alkyl halides is 1. The van der Waals surface area contributed by atoms with Crippen molar-refractivity contribution in [3.8, 4) is 0 Å². The molecular weight excluding hydrogens is 246 g/mol. The minimum Gasteiger partial charge on any atom is -0.388 e. The van der Waals surface area contributed by atoms with Crippen LogP contribution in [-0.2, 0) is 0 Å². The highest BCUT2D eigenvalue weighted by molar-refractivity contribution is 9.09. The lowest BCUT2D eigenvalue weighted by molar-refractivity contribution is 0.205. The molecule has 0 radical (unpaired) electrons. The van der Waals surface area contributed by atoms with Crippen molar-refractivity contribution in [3.05, 3.63) is 34.6 Å². The summed E-state index contributed by atoms with van der Waals surface area (Å²) in [5.41, 5.74) is 0.610. The molecule has 1 rings (SSSR count). The van der Waals surface area contributed by atoms with Gasteiger partial charge in [-0.25, -0.2) is 4.39 Å². The van der Waals surface area contributed by atoms with Crippen molar-refractivity contribution in [2.45, 2.75) is 6.10 Å². The van der Waals surface area contributed by atoms with Crippen LogP contribution in [0.15, 0.2) is 18.2 Å². The van der Waals surface area contributed by atoms with Crippen LogP contribution in [0.5, 0.6) is 0 Å². The molecule has 66 valence electrons. The van der Waals surface area contributed by atoms with E-state index in [1.54, 1.807) is 0 Å². The molecule has 1 N–H and O–H groups in total. The molecule has 0 aliphatic carbocycles. The number of benzene rings is 1. The third kappa shape index (κ3) is 2.19. The normalized spacial score (nSPS) is 13.0. The van der Waals surface area contributed by atoms with Crippen molar-refractivity contribution >= 4 is 27.5 Å². The van der Waals surface area contributed by atoms with Crippen LogP contribution in [-0.4, -0.2) is 10.4 Å². The Morgan fingerprint density at radius 2 is 2.25 bits per heavy atom. The van der Waals surface area contributed by atoms with Crippen molar-refractivity contribution in [2.24, 2.45) is 0 Å². The Bertz CT molecular complexity index is 280. The predicted molar refractivity (Wildman–Crippen MR) is 50.2 cm³/mol. The van der Waals surface area contributed by atoms with Crippen molar-refractivity contribution in [2.75, 3.05) is 5.33 Å². The molecule has 0 saturated heterocycles. The van der Waals surface area contributed by atoms with Gasteiger partial charge in [0.1, 0.15) is 5.82 Å². The van der Waals surface area contributed by atoms with Crippen LogP contribution in [0.2, 0.25) is 5.02 Å². The van der Waals surface area contributed by atoms with Crippen molar-refractivity contribution in [1.82, 2.24) is 0 Å². The third-order valence-electron chi connectivity index (χ3n) is 1.47. The van der Waals surface area contributed by atoms with E-state index < -0.39 is 11.9 Å². The molecule has 0 aliphatic heterocycles. The topological polar surface area (TPSA) is 20.2 Å². The summed E-state index contributed by atoms with van der Waals surface area (Å²) in [6.45, 7) is 0. The van der Waals surface area contributed by atoms with Crippen LogP contribution < -0.4 is 0 Å². The van der Waals surface area contributed by atoms with Gasteiger partial charge in [0.15, 0.2) is 0 Å². The SMILES string of the molecule is O[C@H](CBr)c1ccc(F)c(Cl)c1. The van der Waals surface area contributed by atoms with E-state index in [4.69, 9.17) is 11.6 Å². The minimum absolute atomic E-state index is 0.0347. The van der Waals surface area contributed by atoms with Crippen LogP contribution in [0, 0.1) is 5.82 Å². The molecule has 0 spiro atoms. The van der Waals surface area contributed by atoms with Crippen LogP contribution in [0.1, 0.15) is 11.7 Å². The highest BCUT2D eigenvalue weighted by atomic mass is 79.9. The summed E-state index contributed by atoms with van der Waals surface area (Å²) in [6, 6.07) is 4.17. The average molecular weight is 253 g/mol. The van der Waals surface area contributed by atoms with Gasteiger partial charge in [-0.15, -0.1) is 0 Å². The first-order valence-corrected chi connectivity index (χ1v) is 4.84. The van der Waals surface area contributed by atoms with Crippen LogP contribution in [0.3, 0.4) is 0 Å². The van der Waals surface area contributed by atoms with Crippen molar-refractivity contribution < 1.29 is 9.50 Å². The molecule has 1 atom stereocenters. The molecule has 0 bridgehead atoms. The van der Waals surface area contributed by atoms with Crippen LogP contribution in [0.4, 0.5) is 4.39 Å². The molecule has 0 amide bonds. The van der Waals surface area contributed by atoms with E-state index in [9.17, 15) is 9.50 Å². The monoisotopic (exact) mass is 252 g/mol. The Hall–Kier alpha value is -0.120. The summed E-state index contributed by atoms with van der Waals surface area (Å²) in [7, 11) is 0. The number of rotatable bonds is 2. The van der Waals surface area contributed by atoms with E-state index in [1.165, 1.54) is 18.2 Å². The zero-order valence-electron chi connectivity index (χ0n) is 6.10. The summed E-state index contributed by atoms with van der Waals surface area (Å²) < 4.78 is 12.6. The fourth-order valence-electron chi connectivity index (χ4n) is 0.809. The van der Waals surface area contributed by atoms with E-state index in [2.05, 4.69) is 15.9 Å². The van der Waals surface area contributed by atoms with Crippen LogP contribution >= 0.6 is 27.5 Å². The average Bonchev–Trinajstić information content (AvgIpc) is 2.08. The number of hydrogen-bond donors (Lipinski definition) is 1. The van der Waals surface area contributed by atoms with Crippen molar-refractivity contribution in [1.29, 1.82) is 0 Å². The second-order valence-corrected chi connectivity index (χ2v) is 3.40. The van der Waals surface area contributed by atoms with E-state index in [1.807, 2.05) is 0 Å². The molecule has 0 saturated carbocycles. The summed E-state index contributed by atoms with van der Waals surface area (Å²) in [6.07, 6.45) is -0.636. The minimum atomic E-state index is -0.636. The molecule has 1 aromatic rings. The van der Waals surface area contributed by atoms with Gasteiger partial charge in [-0.1, -0.05) is 33.6 Å². The highest BCUT2D eigenvalue weighted by Crippen LogP contribution is 2.21. The molecule has 0 fully saturated rings. The smallest absolute Gasteiger partial charge is 0.141 e. The molecule has 1 aromatic carbocycles. The fraction of sp³-hybridized carbons (Fsp3) is 0.250. The standard InChI is InChI=1S/C8H7BrClFO/c9-4-8(12)5-1-2-7(11)6(10)3-5/h1-3,8,12H,4H2/t8-/m1/s1. The van der Waals surface area contributed by atoms with Gasteiger partial charge in [0.2, 0.25) is 0 Å². The molecule has 4 heteroatoms. The van der Waals surface area contributed by atoms with E-state index in [0.717, 1.165) is 0 Å². The molecular formula is C8H7BrClFO. The van der Waals surface area contributed by atoms with Crippen LogP contribution in [0.25, 0.3) is 0 Å². The third-order valence-corrected chi connectivity index (χ3v) is 2.38. The Morgan fingerprint density at radius 3 is 2.75 bits per heavy atom. The van der Waals surface area contributed by atoms with Gasteiger partial charge < -0.3 is 5.11 Å². The van der Waals surface area contributed by atoms with Gasteiger partial charge in [-0.05, 0) is 17.7 Å². The fourth-order valence-corrected chi connectivity index (χ4v) is 1.37. The van der Waals surface area contributed by atoms with Gasteiger partial charge in [0.25, 0.3) is 0 Å². The lowest BCUT2D eigenvalue weighted by Gasteiger charge is -2.06. The zero-order valence-corrected chi connectivity index (χ0v) is 8.44. The molecule has 0 heterocycles. The molecule has 0 aliphatic rings. The molecule has 0 aromatic heterocycles. The number of hydrogen-bond acceptors (Lipinski definition) is 1. The van der Waals surface area contributed by atoms with Gasteiger partial charge >= 0.3 is 0 Å². The number of halogens is 3. The van der Waals surface area contributed by atoms with E-state index in [-0.39, 0.29) is 5.02 Å². The van der Waals surface area contributed by atoms with Crippen molar-refractivity contribution in [3.63, 3.8) is 0 Å². The van der Waals surface area contributed by atoms with Gasteiger partial charge in [0.05, 0.1) is 11.1 Å². The Labute approximate surface area is 83.3 Å². The zero-order chi connectivity index (χ0) is 9.14. The maximum absolute atomic E-state index is 12.6. The summed E-state index contributed by atoms with van der Waals surface area (Å²) in [5, 5.41) is 9.76. The second kappa shape index (κ2) is 4.21. The Kier molecular flexibility index (Phi) is 3.50. The van der Waals surface area contributed by atoms with Gasteiger partial charge in [0, 0.05) is 5.33 Å². The van der Waals surface area contributed by atoms with E-state index >= 15 is 0 Å². The highest BCUT2D eigenvalue weighted by Gasteiger charge is 2.07. The lowest BCUT2D eigenvalue weighted by atomic mass is 10.1. The maximum atomic E-state index is 12.6. The molecule has 12 heavy (non-hydrogen) atoms. The van der Waals surface area contributed by atoms with Gasteiger partial charge in [-0.3, -0.25) is 0 Å². The first-order chi connectivity index (χ1) is 5.65. The van der Waals surface area contributed by atoms with E-state index in [0.29, 0.717) is 10.9 Å². The lowest BCUT2D eigenvalue weighted by Crippen LogP contribution is -1.98. The quantitative estimate of drug-likeness (QED) is 0.804. The Balaban J connectivity index is 2.96. The first-order valence-electron chi connectivity index (χ1n) is 3.34. The Morgan fingerprint density at radius 1 is 1.58 bits per heavy atom. The summed E-state index contributed by atoms with van der Waals surface area (Å²) in [5.74, 6) is -0.470. The largest absolute Gasteiger partial charge is 0.388 e. The second-order valence-electron chi connectivity index (χ2n) is 2.34. The molecule has 1 nitrogen and oxygen atoms in total. The predicted octanol–water partition coefficient (Wildman–Crippen LogP) is 2.91. The number of aliphatic hydroxyl groups is 1. The number of aliphatic hydroxyl groups excluding tert-OH is 1. The van der Waals surface area contributed by atoms with Gasteiger partial charge in [-0.2, -0.15) is 0 Å². The summed E-state index contributed by atoms with van der Waals surface area (Å²) in [4.78, 5) is 0. The summed E-state index contributed by atoms with van der Waals surface area (Å²) >= 11 is 8.62. The maximum Gasteiger partial charge on any atom is 0.141 e.